The molecule has 36 heavy (non-hydrogen) atoms. The van der Waals surface area contributed by atoms with Gasteiger partial charge in [0.05, 0.1) is 32.2 Å². The van der Waals surface area contributed by atoms with E-state index < -0.39 is 0 Å². The minimum atomic E-state index is -0.148. The van der Waals surface area contributed by atoms with Gasteiger partial charge in [-0.1, -0.05) is 41.4 Å². The lowest BCUT2D eigenvalue weighted by atomic mass is 10.0. The summed E-state index contributed by atoms with van der Waals surface area (Å²) >= 11 is 12.7. The van der Waals surface area contributed by atoms with Crippen LogP contribution in [-0.4, -0.2) is 65.1 Å². The number of pyridine rings is 1. The molecule has 2 heterocycles. The van der Waals surface area contributed by atoms with E-state index in [4.69, 9.17) is 28.2 Å². The van der Waals surface area contributed by atoms with E-state index in [1.807, 2.05) is 36.7 Å². The number of aromatic amines is 1. The van der Waals surface area contributed by atoms with Crippen LogP contribution < -0.4 is 10.9 Å². The Hall–Kier alpha value is -2.84. The molecule has 0 amide bonds. The van der Waals surface area contributed by atoms with E-state index in [9.17, 15) is 4.79 Å². The SMILES string of the molecule is Cc1c(C=CCN(C)CCCN(C)C)[nH]c(=O)c2c1ccc1nc(Nc3c(Cl)cccc3Cl)n(C)c12. The van der Waals surface area contributed by atoms with Gasteiger partial charge in [0.15, 0.2) is 0 Å². The van der Waals surface area contributed by atoms with Crippen LogP contribution in [0, 0.1) is 6.92 Å². The van der Waals surface area contributed by atoms with Gasteiger partial charge in [-0.05, 0) is 82.8 Å². The van der Waals surface area contributed by atoms with Crippen LogP contribution in [0.3, 0.4) is 0 Å². The van der Waals surface area contributed by atoms with Gasteiger partial charge in [0, 0.05) is 19.3 Å². The Balaban J connectivity index is 1.65. The second-order valence-corrected chi connectivity index (χ2v) is 10.2. The number of hydrogen-bond donors (Lipinski definition) is 2. The normalized spacial score (nSPS) is 12.1. The van der Waals surface area contributed by atoms with Crippen LogP contribution in [0.2, 0.25) is 10.0 Å². The number of benzene rings is 2. The fourth-order valence-corrected chi connectivity index (χ4v) is 4.87. The predicted octanol–water partition coefficient (Wildman–Crippen LogP) is 5.67. The number of imidazole rings is 1. The van der Waals surface area contributed by atoms with E-state index >= 15 is 0 Å². The third kappa shape index (κ3) is 5.44. The number of anilines is 2. The molecule has 0 aliphatic heterocycles. The lowest BCUT2D eigenvalue weighted by Crippen LogP contribution is -2.23. The summed E-state index contributed by atoms with van der Waals surface area (Å²) in [5.41, 5.74) is 3.72. The molecule has 7 nitrogen and oxygen atoms in total. The molecular formula is C27H32Cl2N6O. The molecule has 4 aromatic rings. The second kappa shape index (κ2) is 11.0. The zero-order valence-electron chi connectivity index (χ0n) is 21.3. The monoisotopic (exact) mass is 526 g/mol. The quantitative estimate of drug-likeness (QED) is 0.294. The van der Waals surface area contributed by atoms with Crippen molar-refractivity contribution in [2.45, 2.75) is 13.3 Å². The van der Waals surface area contributed by atoms with E-state index in [0.29, 0.717) is 32.6 Å². The largest absolute Gasteiger partial charge is 0.323 e. The van der Waals surface area contributed by atoms with Crippen LogP contribution in [0.25, 0.3) is 27.9 Å². The summed E-state index contributed by atoms with van der Waals surface area (Å²) in [5.74, 6) is 0.547. The highest BCUT2D eigenvalue weighted by Crippen LogP contribution is 2.34. The average Bonchev–Trinajstić information content (AvgIpc) is 3.14. The van der Waals surface area contributed by atoms with Crippen LogP contribution in [-0.2, 0) is 7.05 Å². The summed E-state index contributed by atoms with van der Waals surface area (Å²) in [5, 5.41) is 5.72. The molecule has 9 heteroatoms. The molecule has 0 aliphatic rings. The third-order valence-corrected chi connectivity index (χ3v) is 7.00. The molecule has 0 bridgehead atoms. The highest BCUT2D eigenvalue weighted by molar-refractivity contribution is 6.39. The van der Waals surface area contributed by atoms with E-state index in [-0.39, 0.29) is 5.56 Å². The number of rotatable bonds is 9. The second-order valence-electron chi connectivity index (χ2n) is 9.39. The number of nitrogens with one attached hydrogen (secondary N) is 2. The Bertz CT molecular complexity index is 1470. The lowest BCUT2D eigenvalue weighted by molar-refractivity contribution is 0.322. The summed E-state index contributed by atoms with van der Waals surface area (Å²) in [6, 6.07) is 9.22. The molecule has 0 radical (unpaired) electrons. The Labute approximate surface area is 221 Å². The number of nitrogens with zero attached hydrogens (tertiary/aromatic N) is 4. The minimum Gasteiger partial charge on any atom is -0.323 e. The van der Waals surface area contributed by atoms with Crippen molar-refractivity contribution >= 4 is 62.7 Å². The van der Waals surface area contributed by atoms with Gasteiger partial charge in [-0.15, -0.1) is 0 Å². The summed E-state index contributed by atoms with van der Waals surface area (Å²) in [6.45, 7) is 4.93. The molecule has 0 atom stereocenters. The standard InChI is InChI=1S/C27H32Cl2N6O/c1-17-18-12-13-22-25(35(5)27(31-22)32-24-19(28)9-6-10-20(24)29)23(18)26(36)30-21(17)11-7-15-34(4)16-8-14-33(2)3/h6-7,9-13H,8,14-16H2,1-5H3,(H,30,36)(H,31,32). The number of halogens is 2. The molecular weight excluding hydrogens is 495 g/mol. The van der Waals surface area contributed by atoms with Crippen LogP contribution in [0.15, 0.2) is 41.2 Å². The summed E-state index contributed by atoms with van der Waals surface area (Å²) in [6.07, 6.45) is 5.21. The van der Waals surface area contributed by atoms with E-state index in [1.165, 1.54) is 0 Å². The fourth-order valence-electron chi connectivity index (χ4n) is 4.38. The van der Waals surface area contributed by atoms with Crippen LogP contribution >= 0.6 is 23.2 Å². The third-order valence-electron chi connectivity index (χ3n) is 6.37. The molecule has 0 aliphatic carbocycles. The topological polar surface area (TPSA) is 69.2 Å². The van der Waals surface area contributed by atoms with Gasteiger partial charge in [-0.25, -0.2) is 4.98 Å². The van der Waals surface area contributed by atoms with Crippen molar-refractivity contribution in [2.24, 2.45) is 7.05 Å². The van der Waals surface area contributed by atoms with Gasteiger partial charge >= 0.3 is 0 Å². The molecule has 2 N–H and O–H groups in total. The predicted molar refractivity (Wildman–Crippen MR) is 153 cm³/mol. The van der Waals surface area contributed by atoms with Gasteiger partial charge in [-0.3, -0.25) is 4.79 Å². The van der Waals surface area contributed by atoms with Gasteiger partial charge in [-0.2, -0.15) is 0 Å². The van der Waals surface area contributed by atoms with Crippen molar-refractivity contribution in [1.29, 1.82) is 0 Å². The van der Waals surface area contributed by atoms with Gasteiger partial charge < -0.3 is 24.7 Å². The van der Waals surface area contributed by atoms with Crippen molar-refractivity contribution in [2.75, 3.05) is 46.1 Å². The van der Waals surface area contributed by atoms with Gasteiger partial charge in [0.1, 0.15) is 0 Å². The van der Waals surface area contributed by atoms with Crippen LogP contribution in [0.4, 0.5) is 11.6 Å². The Kier molecular flexibility index (Phi) is 8.05. The van der Waals surface area contributed by atoms with Crippen LogP contribution in [0.5, 0.6) is 0 Å². The summed E-state index contributed by atoms with van der Waals surface area (Å²) < 4.78 is 1.87. The molecule has 190 valence electrons. The number of para-hydroxylation sites is 1. The molecule has 0 fully saturated rings. The summed E-state index contributed by atoms with van der Waals surface area (Å²) in [7, 11) is 8.15. The molecule has 0 saturated heterocycles. The van der Waals surface area contributed by atoms with Crippen molar-refractivity contribution in [1.82, 2.24) is 24.3 Å². The molecule has 0 unspecified atom stereocenters. The maximum atomic E-state index is 13.3. The molecule has 0 saturated carbocycles. The number of H-pyrrole nitrogens is 1. The molecule has 4 rings (SSSR count). The Morgan fingerprint density at radius 3 is 2.53 bits per heavy atom. The number of likely N-dealkylation sites (N-methyl/N-ethyl adjacent to an activating group) is 1. The molecule has 0 spiro atoms. The maximum absolute atomic E-state index is 13.3. The van der Waals surface area contributed by atoms with Gasteiger partial charge in [0.2, 0.25) is 5.95 Å². The summed E-state index contributed by atoms with van der Waals surface area (Å²) in [4.78, 5) is 25.5. The molecule has 2 aromatic carbocycles. The van der Waals surface area contributed by atoms with Crippen molar-refractivity contribution in [3.05, 3.63) is 68.1 Å². The zero-order valence-corrected chi connectivity index (χ0v) is 22.8. The average molecular weight is 528 g/mol. The first-order valence-corrected chi connectivity index (χ1v) is 12.7. The molecule has 2 aromatic heterocycles. The number of fused-ring (bicyclic) bond motifs is 3. The highest BCUT2D eigenvalue weighted by Gasteiger charge is 2.17. The fraction of sp³-hybridized carbons (Fsp3) is 0.333. The van der Waals surface area contributed by atoms with Crippen molar-refractivity contribution in [3.63, 3.8) is 0 Å². The van der Waals surface area contributed by atoms with E-state index in [0.717, 1.165) is 48.2 Å². The van der Waals surface area contributed by atoms with E-state index in [1.54, 1.807) is 18.2 Å². The number of hydrogen-bond acceptors (Lipinski definition) is 5. The lowest BCUT2D eigenvalue weighted by Gasteiger charge is -2.16. The zero-order chi connectivity index (χ0) is 26.0. The Morgan fingerprint density at radius 2 is 1.83 bits per heavy atom. The smallest absolute Gasteiger partial charge is 0.258 e. The first-order chi connectivity index (χ1) is 17.2. The van der Waals surface area contributed by atoms with E-state index in [2.05, 4.69) is 47.3 Å². The maximum Gasteiger partial charge on any atom is 0.258 e. The first-order valence-electron chi connectivity index (χ1n) is 11.9. The number of aromatic nitrogens is 3. The van der Waals surface area contributed by atoms with Gasteiger partial charge in [0.25, 0.3) is 5.56 Å². The Morgan fingerprint density at radius 1 is 1.11 bits per heavy atom. The first kappa shape index (κ1) is 26.2. The highest BCUT2D eigenvalue weighted by atomic mass is 35.5. The minimum absolute atomic E-state index is 0.148. The van der Waals surface area contributed by atoms with Crippen molar-refractivity contribution in [3.8, 4) is 0 Å². The van der Waals surface area contributed by atoms with Crippen molar-refractivity contribution < 1.29 is 0 Å². The number of aryl methyl sites for hydroxylation is 2. The van der Waals surface area contributed by atoms with Crippen LogP contribution in [0.1, 0.15) is 17.7 Å².